The number of nitro groups is 1. The Morgan fingerprint density at radius 3 is 2.47 bits per heavy atom. The van der Waals surface area contributed by atoms with Gasteiger partial charge >= 0.3 is 11.7 Å². The van der Waals surface area contributed by atoms with E-state index < -0.39 is 16.3 Å². The Labute approximate surface area is 123 Å². The van der Waals surface area contributed by atoms with E-state index >= 15 is 0 Å². The van der Waals surface area contributed by atoms with Crippen molar-refractivity contribution < 1.29 is 14.5 Å². The molecule has 6 nitrogen and oxygen atoms in total. The summed E-state index contributed by atoms with van der Waals surface area (Å²) in [6.45, 7) is 4.95. The number of carbonyl (C=O) groups is 1. The van der Waals surface area contributed by atoms with Crippen molar-refractivity contribution in [2.45, 2.75) is 20.8 Å². The Bertz CT molecular complexity index is 585. The Hall–Kier alpha value is -1.69. The van der Waals surface area contributed by atoms with E-state index in [0.29, 0.717) is 3.57 Å². The number of halogens is 1. The smallest absolute Gasteiger partial charge is 0.316 e. The summed E-state index contributed by atoms with van der Waals surface area (Å²) in [5.41, 5.74) is -1.02. The van der Waals surface area contributed by atoms with E-state index in [1.165, 1.54) is 6.07 Å². The first-order valence-corrected chi connectivity index (χ1v) is 6.35. The molecule has 1 aromatic carbocycles. The zero-order chi connectivity index (χ0) is 14.8. The van der Waals surface area contributed by atoms with Crippen LogP contribution in [0.5, 0.6) is 5.75 Å². The second-order valence-electron chi connectivity index (χ2n) is 4.81. The van der Waals surface area contributed by atoms with Gasteiger partial charge in [0, 0.05) is 6.07 Å². The van der Waals surface area contributed by atoms with Crippen LogP contribution in [0, 0.1) is 30.4 Å². The highest BCUT2D eigenvalue weighted by Crippen LogP contribution is 2.35. The molecule has 0 atom stereocenters. The third-order valence-electron chi connectivity index (χ3n) is 2.16. The third-order valence-corrected chi connectivity index (χ3v) is 2.96. The zero-order valence-electron chi connectivity index (χ0n) is 10.6. The van der Waals surface area contributed by atoms with E-state index in [1.807, 2.05) is 6.07 Å². The first-order chi connectivity index (χ1) is 8.66. The molecule has 1 rings (SSSR count). The van der Waals surface area contributed by atoms with Crippen LogP contribution < -0.4 is 4.74 Å². The van der Waals surface area contributed by atoms with Gasteiger partial charge in [0.25, 0.3) is 0 Å². The quantitative estimate of drug-likeness (QED) is 0.261. The Balaban J connectivity index is 3.32. The van der Waals surface area contributed by atoms with Crippen LogP contribution in [0.2, 0.25) is 0 Å². The Morgan fingerprint density at radius 2 is 2.05 bits per heavy atom. The lowest BCUT2D eigenvalue weighted by atomic mass is 9.97. The molecule has 0 spiro atoms. The van der Waals surface area contributed by atoms with Gasteiger partial charge in [-0.05, 0) is 49.4 Å². The molecule has 7 heteroatoms. The number of hydrogen-bond donors (Lipinski definition) is 0. The van der Waals surface area contributed by atoms with Crippen LogP contribution in [0.25, 0.3) is 0 Å². The van der Waals surface area contributed by atoms with Gasteiger partial charge in [-0.3, -0.25) is 14.9 Å². The number of hydrogen-bond acceptors (Lipinski definition) is 5. The molecule has 0 N–H and O–H groups in total. The minimum atomic E-state index is -0.773. The normalized spacial score (nSPS) is 10.7. The number of esters is 1. The van der Waals surface area contributed by atoms with Crippen LogP contribution in [0.15, 0.2) is 12.1 Å². The van der Waals surface area contributed by atoms with Crippen LogP contribution in [0.3, 0.4) is 0 Å². The summed E-state index contributed by atoms with van der Waals surface area (Å²) in [6.07, 6.45) is 0. The number of nitrogens with zero attached hydrogens (tertiary/aromatic N) is 2. The summed E-state index contributed by atoms with van der Waals surface area (Å²) in [7, 11) is 0. The van der Waals surface area contributed by atoms with Gasteiger partial charge < -0.3 is 4.74 Å². The number of rotatable bonds is 2. The van der Waals surface area contributed by atoms with E-state index in [2.05, 4.69) is 0 Å². The van der Waals surface area contributed by atoms with Crippen molar-refractivity contribution in [3.8, 4) is 11.8 Å². The highest BCUT2D eigenvalue weighted by molar-refractivity contribution is 14.1. The second kappa shape index (κ2) is 5.52. The number of ether oxygens (including phenoxy) is 1. The SMILES string of the molecule is CC(C)(C)C(=O)Oc1c(I)cc(C#N)cc1[N+](=O)[O-]. The van der Waals surface area contributed by atoms with Crippen molar-refractivity contribution in [1.82, 2.24) is 0 Å². The number of benzene rings is 1. The van der Waals surface area contributed by atoms with Crippen molar-refractivity contribution in [2.75, 3.05) is 0 Å². The van der Waals surface area contributed by atoms with Crippen molar-refractivity contribution in [3.05, 3.63) is 31.4 Å². The van der Waals surface area contributed by atoms with Gasteiger partial charge in [0.1, 0.15) is 0 Å². The third kappa shape index (κ3) is 3.64. The molecule has 0 saturated carbocycles. The van der Waals surface area contributed by atoms with Crippen LogP contribution in [-0.4, -0.2) is 10.9 Å². The number of nitro benzene ring substituents is 1. The standard InChI is InChI=1S/C12H11IN2O4/c1-12(2,3)11(16)19-10-8(13)4-7(6-14)5-9(10)15(17)18/h4-5H,1-3H3. The fraction of sp³-hybridized carbons (Fsp3) is 0.333. The average molecular weight is 374 g/mol. The van der Waals surface area contributed by atoms with Gasteiger partial charge in [-0.25, -0.2) is 0 Å². The summed E-state index contributed by atoms with van der Waals surface area (Å²) in [5, 5.41) is 19.8. The minimum Gasteiger partial charge on any atom is -0.418 e. The molecule has 0 aliphatic rings. The summed E-state index contributed by atoms with van der Waals surface area (Å²) < 4.78 is 5.45. The van der Waals surface area contributed by atoms with Crippen molar-refractivity contribution in [2.24, 2.45) is 5.41 Å². The van der Waals surface area contributed by atoms with Gasteiger partial charge in [0.15, 0.2) is 0 Å². The topological polar surface area (TPSA) is 93.2 Å². The lowest BCUT2D eigenvalue weighted by Crippen LogP contribution is -2.26. The van der Waals surface area contributed by atoms with Crippen molar-refractivity contribution in [1.29, 1.82) is 5.26 Å². The fourth-order valence-corrected chi connectivity index (χ4v) is 1.85. The molecule has 0 fully saturated rings. The molecule has 0 aliphatic heterocycles. The first-order valence-electron chi connectivity index (χ1n) is 5.27. The van der Waals surface area contributed by atoms with E-state index in [0.717, 1.165) is 6.07 Å². The molecule has 0 saturated heterocycles. The predicted octanol–water partition coefficient (Wildman–Crippen LogP) is 3.02. The summed E-state index contributed by atoms with van der Waals surface area (Å²) >= 11 is 1.80. The molecule has 0 unspecified atom stereocenters. The van der Waals surface area contributed by atoms with Crippen LogP contribution in [0.4, 0.5) is 5.69 Å². The summed E-state index contributed by atoms with van der Waals surface area (Å²) in [6, 6.07) is 4.34. The molecule has 0 heterocycles. The van der Waals surface area contributed by atoms with E-state index in [4.69, 9.17) is 10.00 Å². The number of carbonyl (C=O) groups excluding carboxylic acids is 1. The van der Waals surface area contributed by atoms with Crippen LogP contribution >= 0.6 is 22.6 Å². The number of nitriles is 1. The van der Waals surface area contributed by atoms with Gasteiger partial charge in [-0.15, -0.1) is 0 Å². The molecule has 0 aromatic heterocycles. The highest BCUT2D eigenvalue weighted by Gasteiger charge is 2.29. The van der Waals surface area contributed by atoms with E-state index in [9.17, 15) is 14.9 Å². The largest absolute Gasteiger partial charge is 0.418 e. The molecule has 19 heavy (non-hydrogen) atoms. The first kappa shape index (κ1) is 15.4. The summed E-state index contributed by atoms with van der Waals surface area (Å²) in [4.78, 5) is 22.1. The molecule has 1 aromatic rings. The zero-order valence-corrected chi connectivity index (χ0v) is 12.7. The summed E-state index contributed by atoms with van der Waals surface area (Å²) in [5.74, 6) is -0.692. The van der Waals surface area contributed by atoms with Crippen molar-refractivity contribution in [3.63, 3.8) is 0 Å². The highest BCUT2D eigenvalue weighted by atomic mass is 127. The van der Waals surface area contributed by atoms with Crippen molar-refractivity contribution >= 4 is 34.2 Å². The van der Waals surface area contributed by atoms with Crippen LogP contribution in [-0.2, 0) is 4.79 Å². The molecule has 0 aliphatic carbocycles. The molecule has 0 bridgehead atoms. The van der Waals surface area contributed by atoms with E-state index in [1.54, 1.807) is 43.4 Å². The van der Waals surface area contributed by atoms with Gasteiger partial charge in [0.05, 0.1) is 25.5 Å². The average Bonchev–Trinajstić information content (AvgIpc) is 2.29. The fourth-order valence-electron chi connectivity index (χ4n) is 1.13. The van der Waals surface area contributed by atoms with Gasteiger partial charge in [0.2, 0.25) is 5.75 Å². The second-order valence-corrected chi connectivity index (χ2v) is 5.98. The molecular weight excluding hydrogens is 363 g/mol. The maximum absolute atomic E-state index is 11.8. The molecule has 100 valence electrons. The lowest BCUT2D eigenvalue weighted by Gasteiger charge is -2.16. The van der Waals surface area contributed by atoms with Crippen LogP contribution in [0.1, 0.15) is 26.3 Å². The van der Waals surface area contributed by atoms with Gasteiger partial charge in [-0.2, -0.15) is 5.26 Å². The Morgan fingerprint density at radius 1 is 1.47 bits per heavy atom. The lowest BCUT2D eigenvalue weighted by molar-refractivity contribution is -0.385. The van der Waals surface area contributed by atoms with E-state index in [-0.39, 0.29) is 17.0 Å². The monoisotopic (exact) mass is 374 g/mol. The maximum atomic E-state index is 11.8. The predicted molar refractivity (Wildman–Crippen MR) is 75.6 cm³/mol. The molecule has 0 amide bonds. The van der Waals surface area contributed by atoms with Gasteiger partial charge in [-0.1, -0.05) is 0 Å². The minimum absolute atomic E-state index is 0.121. The molecule has 0 radical (unpaired) electrons. The molecular formula is C12H11IN2O4. The maximum Gasteiger partial charge on any atom is 0.316 e. The Kier molecular flexibility index (Phi) is 4.47.